The molecule has 12 heteroatoms. The minimum Gasteiger partial charge on any atom is -0.452 e. The zero-order chi connectivity index (χ0) is 23.6. The summed E-state index contributed by atoms with van der Waals surface area (Å²) in [5.74, 6) is -3.86. The summed E-state index contributed by atoms with van der Waals surface area (Å²) in [5.41, 5.74) is -0.842. The van der Waals surface area contributed by atoms with Crippen LogP contribution < -0.4 is 5.32 Å². The number of nitrogens with zero attached hydrogens (tertiary/aromatic N) is 2. The van der Waals surface area contributed by atoms with Crippen molar-refractivity contribution in [2.45, 2.75) is 19.4 Å². The van der Waals surface area contributed by atoms with Crippen LogP contribution in [-0.2, 0) is 14.3 Å². The van der Waals surface area contributed by atoms with E-state index in [1.165, 1.54) is 25.1 Å². The van der Waals surface area contributed by atoms with Gasteiger partial charge in [-0.15, -0.1) is 0 Å². The lowest BCUT2D eigenvalue weighted by Gasteiger charge is -2.16. The molecule has 0 unspecified atom stereocenters. The first-order valence-corrected chi connectivity index (χ1v) is 9.57. The normalized spacial score (nSPS) is 13.5. The molecule has 0 saturated heterocycles. The van der Waals surface area contributed by atoms with Gasteiger partial charge in [0.25, 0.3) is 23.4 Å². The Morgan fingerprint density at radius 1 is 1.25 bits per heavy atom. The second-order valence-corrected chi connectivity index (χ2v) is 7.12. The van der Waals surface area contributed by atoms with Crippen molar-refractivity contribution < 1.29 is 33.2 Å². The van der Waals surface area contributed by atoms with Crippen LogP contribution in [0.3, 0.4) is 0 Å². The highest BCUT2D eigenvalue weighted by molar-refractivity contribution is 6.33. The highest BCUT2D eigenvalue weighted by Gasteiger charge is 2.40. The van der Waals surface area contributed by atoms with Crippen LogP contribution in [0, 0.1) is 15.9 Å². The molecular formula is C20H15ClFN3O7. The van der Waals surface area contributed by atoms with Crippen LogP contribution in [0.25, 0.3) is 0 Å². The highest BCUT2D eigenvalue weighted by atomic mass is 35.5. The molecule has 0 fully saturated rings. The van der Waals surface area contributed by atoms with E-state index >= 15 is 0 Å². The Morgan fingerprint density at radius 2 is 1.97 bits per heavy atom. The Balaban J connectivity index is 1.58. The fraction of sp³-hybridized carbons (Fsp3) is 0.200. The lowest BCUT2D eigenvalue weighted by atomic mass is 10.1. The number of nitrogens with one attached hydrogen (secondary N) is 1. The third kappa shape index (κ3) is 4.57. The van der Waals surface area contributed by atoms with Gasteiger partial charge in [0.15, 0.2) is 6.10 Å². The maximum Gasteiger partial charge on any atom is 0.308 e. The van der Waals surface area contributed by atoms with Gasteiger partial charge in [-0.05, 0) is 31.2 Å². The molecule has 0 aliphatic carbocycles. The zero-order valence-corrected chi connectivity index (χ0v) is 17.2. The van der Waals surface area contributed by atoms with Gasteiger partial charge in [0.2, 0.25) is 0 Å². The second-order valence-electron chi connectivity index (χ2n) is 6.71. The number of esters is 1. The Bertz CT molecular complexity index is 1150. The molecule has 1 N–H and O–H groups in total. The number of nitro groups is 1. The molecule has 166 valence electrons. The van der Waals surface area contributed by atoms with Crippen molar-refractivity contribution in [1.29, 1.82) is 0 Å². The van der Waals surface area contributed by atoms with E-state index in [0.717, 1.165) is 18.2 Å². The van der Waals surface area contributed by atoms with E-state index in [1.54, 1.807) is 0 Å². The highest BCUT2D eigenvalue weighted by Crippen LogP contribution is 2.30. The third-order valence-electron chi connectivity index (χ3n) is 4.58. The molecule has 2 aromatic carbocycles. The quantitative estimate of drug-likeness (QED) is 0.288. The predicted molar refractivity (Wildman–Crippen MR) is 109 cm³/mol. The summed E-state index contributed by atoms with van der Waals surface area (Å²) in [6, 6.07) is 7.01. The number of hydrogen-bond acceptors (Lipinski definition) is 7. The van der Waals surface area contributed by atoms with E-state index in [-0.39, 0.29) is 28.4 Å². The predicted octanol–water partition coefficient (Wildman–Crippen LogP) is 2.94. The average molecular weight is 464 g/mol. The van der Waals surface area contributed by atoms with Crippen molar-refractivity contribution in [3.63, 3.8) is 0 Å². The number of hydrogen-bond donors (Lipinski definition) is 1. The first kappa shape index (κ1) is 22.8. The molecule has 0 bridgehead atoms. The van der Waals surface area contributed by atoms with Crippen molar-refractivity contribution in [2.24, 2.45) is 0 Å². The van der Waals surface area contributed by atoms with Crippen LogP contribution in [0.15, 0.2) is 36.4 Å². The number of carbonyl (C=O) groups excluding carboxylic acids is 4. The number of anilines is 1. The molecule has 32 heavy (non-hydrogen) atoms. The van der Waals surface area contributed by atoms with Gasteiger partial charge in [-0.3, -0.25) is 34.2 Å². The number of halogens is 2. The minimum absolute atomic E-state index is 0.0448. The summed E-state index contributed by atoms with van der Waals surface area (Å²) >= 11 is 5.83. The van der Waals surface area contributed by atoms with E-state index < -0.39 is 52.6 Å². The smallest absolute Gasteiger partial charge is 0.308 e. The molecule has 0 radical (unpaired) electrons. The van der Waals surface area contributed by atoms with Gasteiger partial charge >= 0.3 is 5.97 Å². The minimum atomic E-state index is -1.26. The molecule has 2 aromatic rings. The number of rotatable bonds is 7. The van der Waals surface area contributed by atoms with E-state index in [0.29, 0.717) is 4.90 Å². The monoisotopic (exact) mass is 463 g/mol. The van der Waals surface area contributed by atoms with Crippen molar-refractivity contribution in [2.75, 3.05) is 11.9 Å². The van der Waals surface area contributed by atoms with Gasteiger partial charge in [0.1, 0.15) is 11.4 Å². The summed E-state index contributed by atoms with van der Waals surface area (Å²) in [6.45, 7) is 0.899. The first-order chi connectivity index (χ1) is 15.1. The first-order valence-electron chi connectivity index (χ1n) is 9.19. The number of fused-ring (bicyclic) bond motifs is 1. The Morgan fingerprint density at radius 3 is 2.62 bits per heavy atom. The van der Waals surface area contributed by atoms with Gasteiger partial charge in [-0.1, -0.05) is 17.7 Å². The number of imide groups is 1. The van der Waals surface area contributed by atoms with E-state index in [1.807, 2.05) is 0 Å². The van der Waals surface area contributed by atoms with Gasteiger partial charge in [-0.25, -0.2) is 4.39 Å². The molecule has 10 nitrogen and oxygen atoms in total. The molecule has 3 amide bonds. The molecule has 0 saturated carbocycles. The standard InChI is InChI=1S/C20H15ClFN3O7/c1-10(18(27)23-14-6-5-11(22)9-13(14)21)32-16(26)7-8-24-19(28)12-3-2-4-15(25(30)31)17(12)20(24)29/h2-6,9-10H,7-8H2,1H3,(H,23,27)/t10-/m1/s1. The lowest BCUT2D eigenvalue weighted by molar-refractivity contribution is -0.385. The van der Waals surface area contributed by atoms with Crippen molar-refractivity contribution >= 4 is 46.7 Å². The van der Waals surface area contributed by atoms with Crippen LogP contribution in [0.2, 0.25) is 5.02 Å². The van der Waals surface area contributed by atoms with Gasteiger partial charge in [0.05, 0.1) is 27.6 Å². The largest absolute Gasteiger partial charge is 0.452 e. The number of benzene rings is 2. The second kappa shape index (κ2) is 9.10. The summed E-state index contributed by atoms with van der Waals surface area (Å²) in [7, 11) is 0. The fourth-order valence-corrected chi connectivity index (χ4v) is 3.22. The molecule has 3 rings (SSSR count). The van der Waals surface area contributed by atoms with E-state index in [9.17, 15) is 33.7 Å². The molecular weight excluding hydrogens is 449 g/mol. The van der Waals surface area contributed by atoms with Crippen LogP contribution in [0.1, 0.15) is 34.1 Å². The van der Waals surface area contributed by atoms with Gasteiger partial charge in [-0.2, -0.15) is 0 Å². The van der Waals surface area contributed by atoms with Gasteiger partial charge < -0.3 is 10.1 Å². The van der Waals surface area contributed by atoms with Crippen molar-refractivity contribution in [3.05, 3.63) is 68.5 Å². The van der Waals surface area contributed by atoms with Crippen molar-refractivity contribution in [3.8, 4) is 0 Å². The van der Waals surface area contributed by atoms with Crippen LogP contribution in [0.5, 0.6) is 0 Å². The Kier molecular flexibility index (Phi) is 6.49. The van der Waals surface area contributed by atoms with Crippen LogP contribution >= 0.6 is 11.6 Å². The van der Waals surface area contributed by atoms with E-state index in [4.69, 9.17) is 16.3 Å². The molecule has 0 aromatic heterocycles. The molecule has 1 atom stereocenters. The average Bonchev–Trinajstić information content (AvgIpc) is 2.98. The maximum absolute atomic E-state index is 13.1. The van der Waals surface area contributed by atoms with Crippen LogP contribution in [-0.4, -0.2) is 46.2 Å². The van der Waals surface area contributed by atoms with Crippen LogP contribution in [0.4, 0.5) is 15.8 Å². The fourth-order valence-electron chi connectivity index (χ4n) is 3.01. The summed E-state index contributed by atoms with van der Waals surface area (Å²) in [4.78, 5) is 60.2. The number of ether oxygens (including phenoxy) is 1. The summed E-state index contributed by atoms with van der Waals surface area (Å²) < 4.78 is 18.1. The number of carbonyl (C=O) groups is 4. The zero-order valence-electron chi connectivity index (χ0n) is 16.5. The topological polar surface area (TPSA) is 136 Å². The third-order valence-corrected chi connectivity index (χ3v) is 4.89. The molecule has 0 spiro atoms. The lowest BCUT2D eigenvalue weighted by Crippen LogP contribution is -2.34. The summed E-state index contributed by atoms with van der Waals surface area (Å²) in [5, 5.41) is 13.5. The van der Waals surface area contributed by atoms with E-state index in [2.05, 4.69) is 5.32 Å². The number of amides is 3. The number of nitro benzene ring substituents is 1. The summed E-state index contributed by atoms with van der Waals surface area (Å²) in [6.07, 6.45) is -1.69. The Labute approximate surface area is 185 Å². The Hall–Kier alpha value is -3.86. The molecule has 1 aliphatic heterocycles. The maximum atomic E-state index is 13.1. The molecule has 1 heterocycles. The van der Waals surface area contributed by atoms with Crippen molar-refractivity contribution in [1.82, 2.24) is 4.90 Å². The SMILES string of the molecule is C[C@@H](OC(=O)CCN1C(=O)c2cccc([N+](=O)[O-])c2C1=O)C(=O)Nc1ccc(F)cc1Cl. The molecule has 1 aliphatic rings. The van der Waals surface area contributed by atoms with Gasteiger partial charge in [0, 0.05) is 12.6 Å².